The molecule has 2 aliphatic carbocycles. The Balaban J connectivity index is 2.25. The van der Waals surface area contributed by atoms with Crippen LogP contribution in [0.2, 0.25) is 0 Å². The summed E-state index contributed by atoms with van der Waals surface area (Å²) in [7, 11) is 0. The van der Waals surface area contributed by atoms with E-state index in [0.717, 1.165) is 25.7 Å². The highest BCUT2D eigenvalue weighted by atomic mass is 16.4. The number of fused-ring (bicyclic) bond motifs is 1. The normalized spacial score (nSPS) is 40.1. The zero-order valence-electron chi connectivity index (χ0n) is 11.6. The molecule has 100 valence electrons. The monoisotopic (exact) mass is 248 g/mol. The van der Waals surface area contributed by atoms with Crippen molar-refractivity contribution in [1.29, 1.82) is 0 Å². The summed E-state index contributed by atoms with van der Waals surface area (Å²) in [4.78, 5) is 11.2. The molecule has 18 heavy (non-hydrogen) atoms. The van der Waals surface area contributed by atoms with Crippen LogP contribution in [0.3, 0.4) is 0 Å². The van der Waals surface area contributed by atoms with Gasteiger partial charge in [-0.15, -0.1) is 0 Å². The van der Waals surface area contributed by atoms with Gasteiger partial charge in [0.2, 0.25) is 0 Å². The largest absolute Gasteiger partial charge is 0.478 e. The molecule has 0 aromatic heterocycles. The maximum atomic E-state index is 11.2. The molecule has 2 rings (SSSR count). The summed E-state index contributed by atoms with van der Waals surface area (Å²) in [6, 6.07) is 0. The molecule has 0 saturated heterocycles. The van der Waals surface area contributed by atoms with Crippen LogP contribution in [-0.2, 0) is 4.79 Å². The molecular weight excluding hydrogens is 224 g/mol. The highest BCUT2D eigenvalue weighted by Crippen LogP contribution is 2.58. The molecular formula is C16H24O2. The van der Waals surface area contributed by atoms with Crippen molar-refractivity contribution in [3.05, 3.63) is 24.3 Å². The lowest BCUT2D eigenvalue weighted by Gasteiger charge is -2.52. The first-order valence-electron chi connectivity index (χ1n) is 6.89. The SMILES string of the molecule is C=C1CCCC2(C)CCC(C)(C(=C)C(=O)O)C[C@H]12. The molecule has 2 aliphatic rings. The molecule has 0 bridgehead atoms. The summed E-state index contributed by atoms with van der Waals surface area (Å²) in [5.74, 6) is -0.372. The minimum absolute atomic E-state index is 0.254. The molecule has 0 aromatic carbocycles. The predicted octanol–water partition coefficient (Wildman–Crippen LogP) is 4.18. The van der Waals surface area contributed by atoms with E-state index in [2.05, 4.69) is 27.0 Å². The molecule has 2 unspecified atom stereocenters. The van der Waals surface area contributed by atoms with Crippen LogP contribution in [0.15, 0.2) is 24.3 Å². The van der Waals surface area contributed by atoms with E-state index in [1.165, 1.54) is 18.4 Å². The van der Waals surface area contributed by atoms with E-state index in [1.807, 2.05) is 0 Å². The van der Waals surface area contributed by atoms with Crippen LogP contribution >= 0.6 is 0 Å². The molecule has 0 amide bonds. The topological polar surface area (TPSA) is 37.3 Å². The van der Waals surface area contributed by atoms with Crippen molar-refractivity contribution in [1.82, 2.24) is 0 Å². The average molecular weight is 248 g/mol. The van der Waals surface area contributed by atoms with Gasteiger partial charge in [0.1, 0.15) is 0 Å². The number of aliphatic carboxylic acids is 1. The maximum absolute atomic E-state index is 11.2. The van der Waals surface area contributed by atoms with Gasteiger partial charge in [0.25, 0.3) is 0 Å². The quantitative estimate of drug-likeness (QED) is 0.588. The van der Waals surface area contributed by atoms with E-state index < -0.39 is 5.97 Å². The van der Waals surface area contributed by atoms with E-state index >= 15 is 0 Å². The van der Waals surface area contributed by atoms with Gasteiger partial charge < -0.3 is 5.11 Å². The fourth-order valence-electron chi connectivity index (χ4n) is 3.90. The van der Waals surface area contributed by atoms with E-state index in [1.54, 1.807) is 0 Å². The lowest BCUT2D eigenvalue weighted by molar-refractivity contribution is -0.134. The first-order valence-corrected chi connectivity index (χ1v) is 6.89. The van der Waals surface area contributed by atoms with Gasteiger partial charge in [-0.05, 0) is 55.3 Å². The molecule has 2 heteroatoms. The van der Waals surface area contributed by atoms with E-state index in [9.17, 15) is 9.90 Å². The van der Waals surface area contributed by atoms with Crippen LogP contribution in [0.1, 0.15) is 52.4 Å². The van der Waals surface area contributed by atoms with Crippen molar-refractivity contribution in [2.24, 2.45) is 16.7 Å². The number of carboxylic acid groups (broad SMARTS) is 1. The van der Waals surface area contributed by atoms with E-state index in [-0.39, 0.29) is 5.41 Å². The molecule has 0 heterocycles. The number of hydrogen-bond acceptors (Lipinski definition) is 1. The summed E-state index contributed by atoms with van der Waals surface area (Å²) < 4.78 is 0. The second-order valence-electron chi connectivity index (χ2n) is 6.77. The third-order valence-electron chi connectivity index (χ3n) is 5.47. The van der Waals surface area contributed by atoms with Crippen molar-refractivity contribution in [2.75, 3.05) is 0 Å². The summed E-state index contributed by atoms with van der Waals surface area (Å²) in [6.45, 7) is 12.5. The lowest BCUT2D eigenvalue weighted by Crippen LogP contribution is -2.43. The van der Waals surface area contributed by atoms with Crippen molar-refractivity contribution >= 4 is 5.97 Å². The third kappa shape index (κ3) is 2.02. The Morgan fingerprint density at radius 1 is 1.33 bits per heavy atom. The molecule has 0 aliphatic heterocycles. The predicted molar refractivity (Wildman–Crippen MR) is 73.3 cm³/mol. The van der Waals surface area contributed by atoms with Crippen LogP contribution in [0, 0.1) is 16.7 Å². The van der Waals surface area contributed by atoms with Crippen LogP contribution in [0.5, 0.6) is 0 Å². The molecule has 3 atom stereocenters. The summed E-state index contributed by atoms with van der Waals surface area (Å²) in [5, 5.41) is 9.20. The Labute approximate surface area is 110 Å². The van der Waals surface area contributed by atoms with Gasteiger partial charge in [0, 0.05) is 5.57 Å². The highest BCUT2D eigenvalue weighted by Gasteiger charge is 2.48. The lowest BCUT2D eigenvalue weighted by atomic mass is 9.52. The molecule has 2 fully saturated rings. The van der Waals surface area contributed by atoms with Gasteiger partial charge in [-0.3, -0.25) is 0 Å². The zero-order chi connectivity index (χ0) is 13.6. The highest BCUT2D eigenvalue weighted by molar-refractivity contribution is 5.87. The average Bonchev–Trinajstić information content (AvgIpc) is 2.30. The zero-order valence-corrected chi connectivity index (χ0v) is 11.6. The van der Waals surface area contributed by atoms with Gasteiger partial charge in [-0.2, -0.15) is 0 Å². The Morgan fingerprint density at radius 2 is 2.00 bits per heavy atom. The fourth-order valence-corrected chi connectivity index (χ4v) is 3.90. The Bertz CT molecular complexity index is 409. The van der Waals surface area contributed by atoms with Crippen molar-refractivity contribution in [3.63, 3.8) is 0 Å². The molecule has 0 spiro atoms. The van der Waals surface area contributed by atoms with Crippen molar-refractivity contribution in [3.8, 4) is 0 Å². The maximum Gasteiger partial charge on any atom is 0.331 e. The summed E-state index contributed by atoms with van der Waals surface area (Å²) >= 11 is 0. The first kappa shape index (κ1) is 13.4. The molecule has 2 nitrogen and oxygen atoms in total. The van der Waals surface area contributed by atoms with Crippen LogP contribution in [-0.4, -0.2) is 11.1 Å². The smallest absolute Gasteiger partial charge is 0.331 e. The number of carboxylic acids is 1. The first-order chi connectivity index (χ1) is 8.28. The Hall–Kier alpha value is -1.05. The molecule has 1 N–H and O–H groups in total. The molecule has 0 radical (unpaired) electrons. The number of carbonyl (C=O) groups is 1. The minimum Gasteiger partial charge on any atom is -0.478 e. The fraction of sp³-hybridized carbons (Fsp3) is 0.688. The number of allylic oxidation sites excluding steroid dienone is 1. The van der Waals surface area contributed by atoms with Crippen molar-refractivity contribution in [2.45, 2.75) is 52.4 Å². The number of rotatable bonds is 2. The standard InChI is InChI=1S/C16H24O2/c1-11-6-5-7-15(3)8-9-16(4,10-13(11)15)12(2)14(17)18/h13H,1-2,5-10H2,3-4H3,(H,17,18)/t13-,15?,16?/m1/s1. The van der Waals surface area contributed by atoms with Crippen LogP contribution in [0.25, 0.3) is 0 Å². The molecule has 0 aromatic rings. The molecule has 2 saturated carbocycles. The Kier molecular flexibility index (Phi) is 3.16. The van der Waals surface area contributed by atoms with Gasteiger partial charge in [-0.25, -0.2) is 4.79 Å². The van der Waals surface area contributed by atoms with Crippen LogP contribution in [0.4, 0.5) is 0 Å². The summed E-state index contributed by atoms with van der Waals surface area (Å²) in [6.07, 6.45) is 6.55. The van der Waals surface area contributed by atoms with E-state index in [4.69, 9.17) is 0 Å². The number of hydrogen-bond donors (Lipinski definition) is 1. The Morgan fingerprint density at radius 3 is 2.61 bits per heavy atom. The van der Waals surface area contributed by atoms with Gasteiger partial charge in [0.05, 0.1) is 0 Å². The summed E-state index contributed by atoms with van der Waals surface area (Å²) in [5.41, 5.74) is 1.79. The third-order valence-corrected chi connectivity index (χ3v) is 5.47. The van der Waals surface area contributed by atoms with Gasteiger partial charge in [-0.1, -0.05) is 32.6 Å². The van der Waals surface area contributed by atoms with Gasteiger partial charge >= 0.3 is 5.97 Å². The van der Waals surface area contributed by atoms with Crippen LogP contribution < -0.4 is 0 Å². The van der Waals surface area contributed by atoms with E-state index in [0.29, 0.717) is 16.9 Å². The minimum atomic E-state index is -0.845. The van der Waals surface area contributed by atoms with Gasteiger partial charge in [0.15, 0.2) is 0 Å². The van der Waals surface area contributed by atoms with Crippen molar-refractivity contribution < 1.29 is 9.90 Å². The second-order valence-corrected chi connectivity index (χ2v) is 6.77. The second kappa shape index (κ2) is 4.25.